The Labute approximate surface area is 428 Å². The van der Waals surface area contributed by atoms with E-state index < -0.39 is 142 Å². The van der Waals surface area contributed by atoms with Crippen LogP contribution in [0.3, 0.4) is 0 Å². The number of nitrogens with one attached hydrogen (secondary N) is 1. The van der Waals surface area contributed by atoms with Gasteiger partial charge in [0.25, 0.3) is 0 Å². The molecule has 0 spiro atoms. The third kappa shape index (κ3) is 10.5. The fourth-order valence-electron chi connectivity index (χ4n) is 10.6. The highest BCUT2D eigenvalue weighted by molar-refractivity contribution is 6.67. The number of carbonyl (C=O) groups is 7. The highest BCUT2D eigenvalue weighted by Gasteiger charge is 2.79. The van der Waals surface area contributed by atoms with Crippen molar-refractivity contribution in [1.29, 1.82) is 0 Å². The van der Waals surface area contributed by atoms with Crippen molar-refractivity contribution in [3.63, 3.8) is 0 Å². The van der Waals surface area contributed by atoms with Gasteiger partial charge in [0.2, 0.25) is 9.90 Å². The van der Waals surface area contributed by atoms with E-state index in [-0.39, 0.29) is 28.9 Å². The van der Waals surface area contributed by atoms with Crippen molar-refractivity contribution in [3.8, 4) is 0 Å². The van der Waals surface area contributed by atoms with Gasteiger partial charge in [-0.25, -0.2) is 23.6 Å². The second-order valence-corrected chi connectivity index (χ2v) is 21.4. The molecule has 11 atom stereocenters. The molecule has 3 aromatic rings. The van der Waals surface area contributed by atoms with E-state index in [1.807, 2.05) is 0 Å². The molecule has 1 saturated heterocycles. The summed E-state index contributed by atoms with van der Waals surface area (Å²) in [6.45, 7) is 6.22. The fraction of sp³-hybridized carbons (Fsp3) is 0.471. The minimum atomic E-state index is -2.58. The number of hydrogen-bond donors (Lipinski definition) is 2. The van der Waals surface area contributed by atoms with Gasteiger partial charge >= 0.3 is 36.1 Å². The largest absolute Gasteiger partial charge is 0.509 e. The van der Waals surface area contributed by atoms with E-state index in [9.17, 15) is 29.1 Å². The topological polar surface area (TPSA) is 226 Å². The Balaban J connectivity index is 1.39. The van der Waals surface area contributed by atoms with Crippen molar-refractivity contribution in [2.45, 2.75) is 119 Å². The summed E-state index contributed by atoms with van der Waals surface area (Å²) in [5, 5.41) is 16.4. The number of fused-ring (bicyclic) bond motifs is 5. The lowest BCUT2D eigenvalue weighted by atomic mass is 9.45. The third-order valence-corrected chi connectivity index (χ3v) is 14.5. The van der Waals surface area contributed by atoms with Gasteiger partial charge < -0.3 is 48.3 Å². The zero-order valence-electron chi connectivity index (χ0n) is 39.9. The average Bonchev–Trinajstić information content (AvgIpc) is 3.32. The Hall–Kier alpha value is -5.79. The maximum atomic E-state index is 17.4. The van der Waals surface area contributed by atoms with Gasteiger partial charge in [-0.3, -0.25) is 14.4 Å². The van der Waals surface area contributed by atoms with Crippen LogP contribution in [0.25, 0.3) is 0 Å². The zero-order chi connectivity index (χ0) is 52.6. The van der Waals surface area contributed by atoms with E-state index in [2.05, 4.69) is 5.32 Å². The predicted octanol–water partition coefficient (Wildman–Crippen LogP) is 7.74. The molecular weight excluding hydrogens is 1010 g/mol. The first-order chi connectivity index (χ1) is 33.8. The molecule has 3 aromatic carbocycles. The lowest BCUT2D eigenvalue weighted by molar-refractivity contribution is -0.341. The van der Waals surface area contributed by atoms with E-state index in [0.29, 0.717) is 5.56 Å². The molecule has 4 aliphatic rings. The minimum Gasteiger partial charge on any atom is -0.455 e. The zero-order valence-corrected chi connectivity index (χ0v) is 42.2. The number of alkyl carbamates (subject to hydrolysis) is 1. The number of aliphatic hydroxyl groups is 1. The summed E-state index contributed by atoms with van der Waals surface area (Å²) in [5.74, 6) is -7.12. The lowest BCUT2D eigenvalue weighted by Gasteiger charge is -2.67. The van der Waals surface area contributed by atoms with Crippen LogP contribution in [0, 0.1) is 16.7 Å². The highest BCUT2D eigenvalue weighted by Crippen LogP contribution is 2.65. The Morgan fingerprint density at radius 1 is 0.861 bits per heavy atom. The molecule has 21 heteroatoms. The summed E-state index contributed by atoms with van der Waals surface area (Å²) >= 11 is 17.6. The molecule has 3 fully saturated rings. The maximum Gasteiger partial charge on any atom is 0.509 e. The van der Waals surface area contributed by atoms with Gasteiger partial charge in [0.15, 0.2) is 17.5 Å². The normalized spacial score (nSPS) is 29.1. The Morgan fingerprint density at radius 3 is 2.04 bits per heavy atom. The van der Waals surface area contributed by atoms with Gasteiger partial charge in [-0.15, -0.1) is 0 Å². The molecule has 0 aromatic heterocycles. The van der Waals surface area contributed by atoms with Crippen molar-refractivity contribution in [2.24, 2.45) is 16.7 Å². The number of ether oxygens (including phenoxy) is 8. The van der Waals surface area contributed by atoms with Crippen molar-refractivity contribution >= 4 is 76.7 Å². The minimum absolute atomic E-state index is 0.0163. The summed E-state index contributed by atoms with van der Waals surface area (Å²) in [7, 11) is 0. The molecule has 3 aliphatic carbocycles. The smallest absolute Gasteiger partial charge is 0.455 e. The van der Waals surface area contributed by atoms with Gasteiger partial charge in [0.05, 0.1) is 23.5 Å². The second kappa shape index (κ2) is 21.0. The molecule has 7 rings (SSSR count). The fourth-order valence-corrected chi connectivity index (χ4v) is 10.8. The number of benzene rings is 3. The van der Waals surface area contributed by atoms with Crippen LogP contribution in [0.2, 0.25) is 0 Å². The first-order valence-corrected chi connectivity index (χ1v) is 24.0. The molecule has 5 unspecified atom stereocenters. The molecule has 1 amide bonds. The summed E-state index contributed by atoms with van der Waals surface area (Å²) in [5.41, 5.74) is -8.06. The van der Waals surface area contributed by atoms with Crippen molar-refractivity contribution in [3.05, 3.63) is 119 Å². The first-order valence-electron chi connectivity index (χ1n) is 22.8. The summed E-state index contributed by atoms with van der Waals surface area (Å²) < 4.78 is 61.6. The standard InChI is InChI=1S/C51H53Cl3FNO16/c1-27-33(69-44(61)39(70-46(63)67-26-51(52,53)54)37(31-18-12-8-13-19-31)56-45(62)65-24-30-16-10-7-11-17-30)23-50(64)42(71-43(60)32-20-14-9-15-21-32)40-48(6,34(55)22-35-49(40,25-66-35)72-29(3)58)41(59)38(68-28(2)57)36(27)47(50,4)5/h7-21,33-35,37-40,42,64H,22-26H2,1-6H3,(H,56,62)/t33?,34?,35?,37-,38+,39?,40?,42-,48+,49-,50+/m0/s1. The van der Waals surface area contributed by atoms with Crippen molar-refractivity contribution in [1.82, 2.24) is 5.32 Å². The number of rotatable bonds is 13. The van der Waals surface area contributed by atoms with Crippen LogP contribution in [0.1, 0.15) is 81.9 Å². The molecule has 1 heterocycles. The van der Waals surface area contributed by atoms with Gasteiger partial charge in [-0.2, -0.15) is 0 Å². The Bertz CT molecular complexity index is 2600. The lowest BCUT2D eigenvalue weighted by Crippen LogP contribution is -2.81. The molecule has 2 N–H and O–H groups in total. The molecule has 386 valence electrons. The second-order valence-electron chi connectivity index (χ2n) is 18.9. The predicted molar refractivity (Wildman–Crippen MR) is 253 cm³/mol. The van der Waals surface area contributed by atoms with Crippen LogP contribution in [-0.2, 0) is 63.7 Å². The highest BCUT2D eigenvalue weighted by atomic mass is 35.6. The van der Waals surface area contributed by atoms with Crippen LogP contribution < -0.4 is 5.32 Å². The quantitative estimate of drug-likeness (QED) is 0.0722. The Morgan fingerprint density at radius 2 is 1.47 bits per heavy atom. The van der Waals surface area contributed by atoms with Gasteiger partial charge in [0.1, 0.15) is 49.3 Å². The average molecular weight is 1060 g/mol. The molecular formula is C51H53Cl3FNO16. The van der Waals surface area contributed by atoms with E-state index >= 15 is 14.0 Å². The number of ketones is 1. The van der Waals surface area contributed by atoms with E-state index in [1.54, 1.807) is 66.7 Å². The van der Waals surface area contributed by atoms with Crippen LogP contribution in [0.4, 0.5) is 14.0 Å². The molecule has 72 heavy (non-hydrogen) atoms. The SMILES string of the molecule is CC(=O)O[C@H]1C(=O)[C@]2(C)C(F)CC3OC[C@@]3(OC(C)=O)C2[C@H](OC(=O)c2ccccc2)[C@]2(O)CC(OC(=O)C(OC(=O)OCC(Cl)(Cl)Cl)[C@@H](NC(=O)OCc3ccccc3)c3ccccc3)C(C)=C1C2(C)C. The molecule has 2 bridgehead atoms. The van der Waals surface area contributed by atoms with Crippen LogP contribution in [-0.4, -0.2) is 112 Å². The monoisotopic (exact) mass is 1060 g/mol. The molecule has 2 saturated carbocycles. The van der Waals surface area contributed by atoms with Crippen molar-refractivity contribution < 1.29 is 81.0 Å². The third-order valence-electron chi connectivity index (χ3n) is 14.1. The summed E-state index contributed by atoms with van der Waals surface area (Å²) in [4.78, 5) is 98.4. The molecule has 0 radical (unpaired) electrons. The number of Topliss-reactive ketones (excluding diaryl/α,β-unsaturated/α-hetero) is 1. The van der Waals surface area contributed by atoms with E-state index in [4.69, 9.17) is 72.7 Å². The molecule has 17 nitrogen and oxygen atoms in total. The number of amides is 1. The number of carbonyl (C=O) groups excluding carboxylic acids is 7. The van der Waals surface area contributed by atoms with Gasteiger partial charge in [0, 0.05) is 32.1 Å². The van der Waals surface area contributed by atoms with E-state index in [0.717, 1.165) is 13.8 Å². The van der Waals surface area contributed by atoms with Crippen LogP contribution in [0.15, 0.2) is 102 Å². The van der Waals surface area contributed by atoms with Crippen LogP contribution >= 0.6 is 34.8 Å². The van der Waals surface area contributed by atoms with Gasteiger partial charge in [-0.05, 0) is 48.3 Å². The van der Waals surface area contributed by atoms with Gasteiger partial charge in [-0.1, -0.05) is 128 Å². The molecule has 1 aliphatic heterocycles. The number of alkyl halides is 4. The van der Waals surface area contributed by atoms with Crippen molar-refractivity contribution in [2.75, 3.05) is 13.2 Å². The maximum absolute atomic E-state index is 17.4. The number of halogens is 4. The summed E-state index contributed by atoms with van der Waals surface area (Å²) in [6, 6.07) is 22.3. The summed E-state index contributed by atoms with van der Waals surface area (Å²) in [6.07, 6.45) is -15.1. The van der Waals surface area contributed by atoms with E-state index in [1.165, 1.54) is 52.0 Å². The Kier molecular flexibility index (Phi) is 15.7. The number of esters is 4. The first kappa shape index (κ1) is 54.0. The van der Waals surface area contributed by atoms with Crippen LogP contribution in [0.5, 0.6) is 0 Å². The number of hydrogen-bond acceptors (Lipinski definition) is 16.